The van der Waals surface area contributed by atoms with Crippen LogP contribution in [0.5, 0.6) is 0 Å². The second-order valence-electron chi connectivity index (χ2n) is 8.54. The van der Waals surface area contributed by atoms with E-state index in [0.717, 1.165) is 28.3 Å². The number of quaternary nitrogens is 1. The van der Waals surface area contributed by atoms with E-state index in [4.69, 9.17) is 0 Å². The molecule has 0 saturated carbocycles. The second kappa shape index (κ2) is 8.20. The van der Waals surface area contributed by atoms with E-state index >= 15 is 0 Å². The molecule has 0 radical (unpaired) electrons. The minimum atomic E-state index is -3.73. The van der Waals surface area contributed by atoms with Crippen LogP contribution in [0.2, 0.25) is 0 Å². The number of halogens is 1. The van der Waals surface area contributed by atoms with E-state index in [1.165, 1.54) is 22.8 Å². The Labute approximate surface area is 182 Å². The van der Waals surface area contributed by atoms with Crippen molar-refractivity contribution in [2.24, 2.45) is 0 Å². The third-order valence-corrected chi connectivity index (χ3v) is 7.57. The maximum atomic E-state index is 12.7. The molecule has 2 aromatic carbocycles. The normalized spacial score (nSPS) is 15.6. The van der Waals surface area contributed by atoms with Crippen molar-refractivity contribution in [2.45, 2.75) is 38.1 Å². The summed E-state index contributed by atoms with van der Waals surface area (Å²) in [7, 11) is 0.638. The van der Waals surface area contributed by atoms with Crippen molar-refractivity contribution in [2.75, 3.05) is 27.2 Å². The van der Waals surface area contributed by atoms with Gasteiger partial charge in [0.2, 0.25) is 0 Å². The van der Waals surface area contributed by atoms with Crippen LogP contribution in [0.1, 0.15) is 39.9 Å². The maximum Gasteiger partial charge on any atom is 0.269 e. The zero-order valence-electron chi connectivity index (χ0n) is 17.4. The van der Waals surface area contributed by atoms with Gasteiger partial charge in [0.25, 0.3) is 15.9 Å². The van der Waals surface area contributed by atoms with Crippen LogP contribution in [0.25, 0.3) is 0 Å². The highest BCUT2D eigenvalue weighted by Gasteiger charge is 2.40. The van der Waals surface area contributed by atoms with Gasteiger partial charge in [-0.15, -0.1) is 0 Å². The van der Waals surface area contributed by atoms with Crippen molar-refractivity contribution < 1.29 is 17.7 Å². The van der Waals surface area contributed by atoms with Crippen LogP contribution in [0.4, 0.5) is 0 Å². The van der Waals surface area contributed by atoms with Gasteiger partial charge in [-0.2, -0.15) is 0 Å². The van der Waals surface area contributed by atoms with Gasteiger partial charge in [0.05, 0.1) is 26.2 Å². The summed E-state index contributed by atoms with van der Waals surface area (Å²) in [5.74, 6) is -0.426. The average Bonchev–Trinajstić information content (AvgIpc) is 2.76. The number of hydrogen-bond acceptors (Lipinski definition) is 3. The van der Waals surface area contributed by atoms with E-state index in [0.29, 0.717) is 10.9 Å². The lowest BCUT2D eigenvalue weighted by molar-refractivity contribution is -0.903. The van der Waals surface area contributed by atoms with Crippen LogP contribution in [0.3, 0.4) is 0 Å². The van der Waals surface area contributed by atoms with E-state index in [-0.39, 0.29) is 17.0 Å². The second-order valence-corrected chi connectivity index (χ2v) is 11.3. The lowest BCUT2D eigenvalue weighted by Crippen LogP contribution is -2.40. The zero-order chi connectivity index (χ0) is 21.4. The van der Waals surface area contributed by atoms with Gasteiger partial charge in [-0.3, -0.25) is 4.79 Å². The summed E-state index contributed by atoms with van der Waals surface area (Å²) >= 11 is 3.30. The molecule has 1 amide bonds. The van der Waals surface area contributed by atoms with Crippen LogP contribution >= 0.6 is 15.9 Å². The van der Waals surface area contributed by atoms with Crippen molar-refractivity contribution in [1.29, 1.82) is 0 Å². The van der Waals surface area contributed by atoms with Gasteiger partial charge >= 0.3 is 0 Å². The van der Waals surface area contributed by atoms with E-state index in [1.54, 1.807) is 12.1 Å². The van der Waals surface area contributed by atoms with Gasteiger partial charge in [0, 0.05) is 16.6 Å². The molecule has 0 atom stereocenters. The Hall–Kier alpha value is -1.70. The first-order valence-electron chi connectivity index (χ1n) is 9.75. The van der Waals surface area contributed by atoms with Gasteiger partial charge in [-0.1, -0.05) is 45.3 Å². The van der Waals surface area contributed by atoms with Gasteiger partial charge in [0.15, 0.2) is 0 Å². The van der Waals surface area contributed by atoms with Crippen molar-refractivity contribution in [3.05, 3.63) is 63.1 Å². The Bertz CT molecular complexity index is 1030. The van der Waals surface area contributed by atoms with Crippen LogP contribution in [0.15, 0.2) is 45.8 Å². The van der Waals surface area contributed by atoms with Crippen molar-refractivity contribution in [1.82, 2.24) is 4.31 Å². The number of aryl methyl sites for hydroxylation is 2. The number of hydrogen-bond donors (Lipinski definition) is 0. The number of fused-ring (bicyclic) bond motifs is 1. The van der Waals surface area contributed by atoms with Crippen LogP contribution in [0, 0.1) is 13.8 Å². The molecule has 2 aromatic rings. The molecule has 3 rings (SSSR count). The number of benzene rings is 2. The summed E-state index contributed by atoms with van der Waals surface area (Å²) in [6, 6.07) is 11.3. The fraction of sp³-hybridized carbons (Fsp3) is 0.409. The Balaban J connectivity index is 1.58. The highest BCUT2D eigenvalue weighted by molar-refractivity contribution is 9.10. The third-order valence-electron chi connectivity index (χ3n) is 5.23. The molecular formula is C22H28BrN2O3S+. The topological polar surface area (TPSA) is 54.5 Å². The molecule has 0 aromatic heterocycles. The molecule has 5 nitrogen and oxygen atoms in total. The van der Waals surface area contributed by atoms with Crippen molar-refractivity contribution in [3.63, 3.8) is 0 Å². The molecule has 0 spiro atoms. The smallest absolute Gasteiger partial charge is 0.269 e. The Morgan fingerprint density at radius 3 is 2.31 bits per heavy atom. The molecule has 0 aliphatic carbocycles. The molecule has 0 bridgehead atoms. The third kappa shape index (κ3) is 4.90. The van der Waals surface area contributed by atoms with Crippen LogP contribution < -0.4 is 0 Å². The van der Waals surface area contributed by atoms with Crippen LogP contribution in [-0.4, -0.2) is 50.3 Å². The molecule has 7 heteroatoms. The minimum Gasteiger partial charge on any atom is -0.325 e. The monoisotopic (exact) mass is 479 g/mol. The molecule has 1 aliphatic heterocycles. The predicted molar refractivity (Wildman–Crippen MR) is 118 cm³/mol. The standard InChI is InChI=1S/C22H28BrN2O3S/c1-16-11-17(2)13-18(12-16)15-25(3,4)10-6-5-9-24-22(26)20-14-19(23)7-8-21(20)29(24,27)28/h7-8,11-14H,5-6,9-10,15H2,1-4H3/q+1. The molecule has 1 heterocycles. The predicted octanol–water partition coefficient (Wildman–Crippen LogP) is 4.27. The first kappa shape index (κ1) is 22.0. The average molecular weight is 480 g/mol. The number of carbonyl (C=O) groups is 1. The number of amides is 1. The van der Waals surface area contributed by atoms with Gasteiger partial charge < -0.3 is 4.48 Å². The minimum absolute atomic E-state index is 0.108. The zero-order valence-corrected chi connectivity index (χ0v) is 19.8. The van der Waals surface area contributed by atoms with Gasteiger partial charge in [-0.05, 0) is 44.9 Å². The summed E-state index contributed by atoms with van der Waals surface area (Å²) in [4.78, 5) is 12.7. The molecule has 29 heavy (non-hydrogen) atoms. The number of sulfonamides is 1. The Morgan fingerprint density at radius 1 is 1.00 bits per heavy atom. The summed E-state index contributed by atoms with van der Waals surface area (Å²) in [6.07, 6.45) is 1.49. The fourth-order valence-electron chi connectivity index (χ4n) is 4.01. The SMILES string of the molecule is Cc1cc(C)cc(C[N+](C)(C)CCCCN2C(=O)c3cc(Br)ccc3S2(=O)=O)c1. The van der Waals surface area contributed by atoms with Crippen molar-refractivity contribution >= 4 is 31.9 Å². The molecular weight excluding hydrogens is 452 g/mol. The maximum absolute atomic E-state index is 12.7. The first-order chi connectivity index (χ1) is 13.5. The Morgan fingerprint density at radius 2 is 1.66 bits per heavy atom. The summed E-state index contributed by atoms with van der Waals surface area (Å²) in [6.45, 7) is 6.27. The fourth-order valence-corrected chi connectivity index (χ4v) is 5.96. The lowest BCUT2D eigenvalue weighted by Gasteiger charge is -2.30. The molecule has 156 valence electrons. The molecule has 0 N–H and O–H groups in total. The summed E-state index contributed by atoms with van der Waals surface area (Å²) in [5, 5.41) is 0. The molecule has 0 unspecified atom stereocenters. The van der Waals surface area contributed by atoms with E-state index < -0.39 is 15.9 Å². The largest absolute Gasteiger partial charge is 0.325 e. The van der Waals surface area contributed by atoms with E-state index in [9.17, 15) is 13.2 Å². The first-order valence-corrected chi connectivity index (χ1v) is 12.0. The number of rotatable bonds is 7. The van der Waals surface area contributed by atoms with E-state index in [2.05, 4.69) is 62.1 Å². The molecule has 0 fully saturated rings. The number of nitrogens with zero attached hydrogens (tertiary/aromatic N) is 2. The highest BCUT2D eigenvalue weighted by atomic mass is 79.9. The summed E-state index contributed by atoms with van der Waals surface area (Å²) < 4.78 is 27.9. The van der Waals surface area contributed by atoms with E-state index in [1.807, 2.05) is 0 Å². The Kier molecular flexibility index (Phi) is 6.22. The quantitative estimate of drug-likeness (QED) is 0.440. The highest BCUT2D eigenvalue weighted by Crippen LogP contribution is 2.32. The molecule has 0 saturated heterocycles. The van der Waals surface area contributed by atoms with Crippen LogP contribution in [-0.2, 0) is 16.6 Å². The number of unbranched alkanes of at least 4 members (excludes halogenated alkanes) is 1. The summed E-state index contributed by atoms with van der Waals surface area (Å²) in [5.41, 5.74) is 4.10. The van der Waals surface area contributed by atoms with Crippen molar-refractivity contribution in [3.8, 4) is 0 Å². The van der Waals surface area contributed by atoms with Gasteiger partial charge in [0.1, 0.15) is 11.4 Å². The molecule has 1 aliphatic rings. The van der Waals surface area contributed by atoms with Gasteiger partial charge in [-0.25, -0.2) is 12.7 Å². The lowest BCUT2D eigenvalue weighted by atomic mass is 10.1. The number of carbonyl (C=O) groups excluding carboxylic acids is 1.